The fourth-order valence-electron chi connectivity index (χ4n) is 5.36. The SMILES string of the molecule is COC1c2ccccc2[C@]2(C(OC)c3ccccc3C)[C@H](O)[C@@]2(O)C1C. The zero-order valence-corrected chi connectivity index (χ0v) is 15.6. The van der Waals surface area contributed by atoms with Crippen molar-refractivity contribution in [2.75, 3.05) is 14.2 Å². The Hall–Kier alpha value is -1.72. The van der Waals surface area contributed by atoms with Crippen LogP contribution in [-0.4, -0.2) is 36.1 Å². The molecule has 1 fully saturated rings. The molecule has 2 aromatic carbocycles. The first-order valence-electron chi connectivity index (χ1n) is 9.07. The van der Waals surface area contributed by atoms with E-state index in [4.69, 9.17) is 9.47 Å². The van der Waals surface area contributed by atoms with Crippen molar-refractivity contribution in [1.82, 2.24) is 0 Å². The minimum absolute atomic E-state index is 0.265. The second kappa shape index (κ2) is 5.89. The number of ether oxygens (including phenoxy) is 2. The molecule has 2 N–H and O–H groups in total. The summed E-state index contributed by atoms with van der Waals surface area (Å²) in [5.41, 5.74) is 1.79. The highest BCUT2D eigenvalue weighted by atomic mass is 16.5. The van der Waals surface area contributed by atoms with Crippen LogP contribution in [-0.2, 0) is 14.9 Å². The van der Waals surface area contributed by atoms with Crippen LogP contribution in [0.25, 0.3) is 0 Å². The molecule has 4 nitrogen and oxygen atoms in total. The van der Waals surface area contributed by atoms with Gasteiger partial charge in [-0.3, -0.25) is 0 Å². The van der Waals surface area contributed by atoms with Crippen molar-refractivity contribution >= 4 is 0 Å². The summed E-state index contributed by atoms with van der Waals surface area (Å²) in [4.78, 5) is 0. The minimum Gasteiger partial charge on any atom is -0.389 e. The van der Waals surface area contributed by atoms with Gasteiger partial charge in [0.1, 0.15) is 5.60 Å². The van der Waals surface area contributed by atoms with Gasteiger partial charge < -0.3 is 19.7 Å². The fraction of sp³-hybridized carbons (Fsp3) is 0.455. The van der Waals surface area contributed by atoms with Gasteiger partial charge in [0.25, 0.3) is 0 Å². The number of methoxy groups -OCH3 is 2. The van der Waals surface area contributed by atoms with Crippen LogP contribution in [0.2, 0.25) is 0 Å². The highest BCUT2D eigenvalue weighted by Crippen LogP contribution is 2.73. The molecule has 0 aromatic heterocycles. The largest absolute Gasteiger partial charge is 0.389 e. The monoisotopic (exact) mass is 354 g/mol. The summed E-state index contributed by atoms with van der Waals surface area (Å²) >= 11 is 0. The molecular formula is C22H26O4. The van der Waals surface area contributed by atoms with E-state index in [0.29, 0.717) is 0 Å². The zero-order chi connectivity index (χ0) is 18.7. The van der Waals surface area contributed by atoms with Crippen molar-refractivity contribution in [3.8, 4) is 0 Å². The number of hydrogen-bond acceptors (Lipinski definition) is 4. The molecule has 1 saturated carbocycles. The molecule has 0 amide bonds. The summed E-state index contributed by atoms with van der Waals surface area (Å²) < 4.78 is 11.7. The van der Waals surface area contributed by atoms with Crippen LogP contribution >= 0.6 is 0 Å². The van der Waals surface area contributed by atoms with Gasteiger partial charge in [-0.05, 0) is 29.2 Å². The molecule has 2 aromatic rings. The Morgan fingerprint density at radius 1 is 1.04 bits per heavy atom. The number of aryl methyl sites for hydroxylation is 1. The first-order valence-corrected chi connectivity index (χ1v) is 9.07. The Morgan fingerprint density at radius 3 is 2.35 bits per heavy atom. The van der Waals surface area contributed by atoms with Crippen LogP contribution in [0, 0.1) is 12.8 Å². The van der Waals surface area contributed by atoms with E-state index < -0.39 is 23.2 Å². The van der Waals surface area contributed by atoms with Crippen molar-refractivity contribution in [1.29, 1.82) is 0 Å². The molecule has 138 valence electrons. The summed E-state index contributed by atoms with van der Waals surface area (Å²) in [7, 11) is 3.30. The normalized spacial score (nSPS) is 36.2. The number of rotatable bonds is 4. The van der Waals surface area contributed by atoms with Crippen molar-refractivity contribution in [2.45, 2.75) is 43.2 Å². The molecule has 6 atom stereocenters. The zero-order valence-electron chi connectivity index (χ0n) is 15.6. The van der Waals surface area contributed by atoms with Crippen molar-refractivity contribution in [2.24, 2.45) is 5.92 Å². The second-order valence-corrected chi connectivity index (χ2v) is 7.60. The molecule has 0 spiro atoms. The van der Waals surface area contributed by atoms with Crippen LogP contribution in [0.4, 0.5) is 0 Å². The molecule has 4 heteroatoms. The van der Waals surface area contributed by atoms with E-state index in [1.54, 1.807) is 14.2 Å². The number of fused-ring (bicyclic) bond motifs is 3. The number of benzene rings is 2. The molecule has 2 aliphatic rings. The third-order valence-electron chi connectivity index (χ3n) is 6.66. The molecule has 0 bridgehead atoms. The standard InChI is InChI=1S/C22H26O4/c1-13-9-5-6-10-15(13)19(26-4)21-17-12-8-7-11-16(17)18(25-3)14(2)22(21,24)20(21)23/h5-12,14,18-20,23-24H,1-4H3/t14?,18?,19?,20-,21-,22-/m0/s1. The van der Waals surface area contributed by atoms with Crippen molar-refractivity contribution in [3.05, 3.63) is 70.8 Å². The van der Waals surface area contributed by atoms with Crippen LogP contribution < -0.4 is 0 Å². The molecule has 0 saturated heterocycles. The first-order chi connectivity index (χ1) is 12.5. The Labute approximate surface area is 154 Å². The van der Waals surface area contributed by atoms with Gasteiger partial charge in [0, 0.05) is 20.1 Å². The quantitative estimate of drug-likeness (QED) is 0.886. The molecule has 26 heavy (non-hydrogen) atoms. The van der Waals surface area contributed by atoms with Gasteiger partial charge in [0.05, 0.1) is 23.7 Å². The smallest absolute Gasteiger partial charge is 0.112 e. The molecular weight excluding hydrogens is 328 g/mol. The highest BCUT2D eigenvalue weighted by Gasteiger charge is 2.85. The Balaban J connectivity index is 1.98. The molecule has 0 aliphatic heterocycles. The van der Waals surface area contributed by atoms with Crippen LogP contribution in [0.1, 0.15) is 41.4 Å². The number of hydrogen-bond donors (Lipinski definition) is 2. The predicted octanol–water partition coefficient (Wildman–Crippen LogP) is 3.06. The summed E-state index contributed by atoms with van der Waals surface area (Å²) in [5.74, 6) is -0.265. The van der Waals surface area contributed by atoms with E-state index in [2.05, 4.69) is 0 Å². The first kappa shape index (κ1) is 17.7. The third-order valence-corrected chi connectivity index (χ3v) is 6.66. The topological polar surface area (TPSA) is 58.9 Å². The minimum atomic E-state index is -1.30. The van der Waals surface area contributed by atoms with Gasteiger partial charge in [0.15, 0.2) is 0 Å². The summed E-state index contributed by atoms with van der Waals surface area (Å²) in [6, 6.07) is 15.9. The molecule has 2 aliphatic carbocycles. The Morgan fingerprint density at radius 2 is 1.69 bits per heavy atom. The van der Waals surface area contributed by atoms with E-state index >= 15 is 0 Å². The maximum absolute atomic E-state index is 11.6. The average molecular weight is 354 g/mol. The summed E-state index contributed by atoms with van der Waals surface area (Å²) in [6.45, 7) is 3.97. The summed E-state index contributed by atoms with van der Waals surface area (Å²) in [6.07, 6.45) is -1.64. The number of aliphatic hydroxyl groups is 2. The third kappa shape index (κ3) is 1.88. The molecule has 0 radical (unpaired) electrons. The van der Waals surface area contributed by atoms with Gasteiger partial charge >= 0.3 is 0 Å². The average Bonchev–Trinajstić information content (AvgIpc) is 3.16. The van der Waals surface area contributed by atoms with E-state index in [-0.39, 0.29) is 12.0 Å². The summed E-state index contributed by atoms with van der Waals surface area (Å²) in [5, 5.41) is 22.8. The lowest BCUT2D eigenvalue weighted by Gasteiger charge is -2.41. The highest BCUT2D eigenvalue weighted by molar-refractivity contribution is 5.57. The van der Waals surface area contributed by atoms with Gasteiger partial charge in [-0.1, -0.05) is 55.5 Å². The van der Waals surface area contributed by atoms with Crippen LogP contribution in [0.3, 0.4) is 0 Å². The Kier molecular flexibility index (Phi) is 4.01. The lowest BCUT2D eigenvalue weighted by atomic mass is 9.69. The van der Waals surface area contributed by atoms with E-state index in [0.717, 1.165) is 22.3 Å². The van der Waals surface area contributed by atoms with Crippen molar-refractivity contribution in [3.63, 3.8) is 0 Å². The van der Waals surface area contributed by atoms with Gasteiger partial charge in [0.2, 0.25) is 0 Å². The van der Waals surface area contributed by atoms with E-state index in [1.807, 2.05) is 62.4 Å². The fourth-order valence-corrected chi connectivity index (χ4v) is 5.36. The maximum Gasteiger partial charge on any atom is 0.112 e. The maximum atomic E-state index is 11.6. The van der Waals surface area contributed by atoms with Gasteiger partial charge in [-0.25, -0.2) is 0 Å². The lowest BCUT2D eigenvalue weighted by molar-refractivity contribution is -0.0714. The predicted molar refractivity (Wildman–Crippen MR) is 98.9 cm³/mol. The van der Waals surface area contributed by atoms with E-state index in [1.165, 1.54) is 0 Å². The van der Waals surface area contributed by atoms with Crippen LogP contribution in [0.5, 0.6) is 0 Å². The molecule has 3 unspecified atom stereocenters. The number of aliphatic hydroxyl groups excluding tert-OH is 1. The van der Waals surface area contributed by atoms with Gasteiger partial charge in [-0.2, -0.15) is 0 Å². The lowest BCUT2D eigenvalue weighted by Crippen LogP contribution is -2.43. The molecule has 4 rings (SSSR count). The van der Waals surface area contributed by atoms with Crippen LogP contribution in [0.15, 0.2) is 48.5 Å². The van der Waals surface area contributed by atoms with Gasteiger partial charge in [-0.15, -0.1) is 0 Å². The molecule has 0 heterocycles. The Bertz CT molecular complexity index is 834. The van der Waals surface area contributed by atoms with Crippen molar-refractivity contribution < 1.29 is 19.7 Å². The second-order valence-electron chi connectivity index (χ2n) is 7.60. The van der Waals surface area contributed by atoms with E-state index in [9.17, 15) is 10.2 Å².